The van der Waals surface area contributed by atoms with E-state index in [4.69, 9.17) is 9.47 Å². The summed E-state index contributed by atoms with van der Waals surface area (Å²) in [4.78, 5) is 2.19. The van der Waals surface area contributed by atoms with Crippen molar-refractivity contribution in [2.45, 2.75) is 23.0 Å². The number of benzene rings is 4. The summed E-state index contributed by atoms with van der Waals surface area (Å²) in [5.74, 6) is 1.78. The van der Waals surface area contributed by atoms with E-state index in [2.05, 4.69) is 36.4 Å². The van der Waals surface area contributed by atoms with Crippen LogP contribution < -0.4 is 9.47 Å². The fourth-order valence-electron chi connectivity index (χ4n) is 2.84. The average molecular weight is 431 g/mol. The molecule has 0 aromatic heterocycles. The molecule has 0 radical (unpaired) electrons. The fourth-order valence-corrected chi connectivity index (χ4v) is 5.07. The second-order valence-corrected chi connectivity index (χ2v) is 8.82. The first-order chi connectivity index (χ1) is 14.9. The van der Waals surface area contributed by atoms with Gasteiger partial charge in [-0.25, -0.2) is 0 Å². The van der Waals surface area contributed by atoms with Crippen molar-refractivity contribution in [1.29, 1.82) is 0 Å². The zero-order chi connectivity index (χ0) is 20.4. The van der Waals surface area contributed by atoms with Crippen LogP contribution in [0.1, 0.15) is 11.1 Å². The lowest BCUT2D eigenvalue weighted by atomic mass is 10.2. The van der Waals surface area contributed by atoms with Crippen molar-refractivity contribution < 1.29 is 9.47 Å². The van der Waals surface area contributed by atoms with Gasteiger partial charge in [-0.05, 0) is 57.0 Å². The van der Waals surface area contributed by atoms with Gasteiger partial charge in [0.25, 0.3) is 0 Å². The van der Waals surface area contributed by atoms with Crippen LogP contribution in [0.3, 0.4) is 0 Å². The predicted molar refractivity (Wildman–Crippen MR) is 126 cm³/mol. The third-order valence-electron chi connectivity index (χ3n) is 4.39. The first-order valence-electron chi connectivity index (χ1n) is 9.74. The molecule has 0 atom stereocenters. The van der Waals surface area contributed by atoms with Gasteiger partial charge in [-0.2, -0.15) is 0 Å². The quantitative estimate of drug-likeness (QED) is 0.254. The summed E-state index contributed by atoms with van der Waals surface area (Å²) >= 11 is 0. The summed E-state index contributed by atoms with van der Waals surface area (Å²) in [6.45, 7) is 1.11. The molecule has 0 spiro atoms. The van der Waals surface area contributed by atoms with Gasteiger partial charge < -0.3 is 9.47 Å². The van der Waals surface area contributed by atoms with Crippen LogP contribution in [0, 0.1) is 0 Å². The smallest absolute Gasteiger partial charge is 0.134 e. The zero-order valence-electron chi connectivity index (χ0n) is 16.4. The van der Waals surface area contributed by atoms with Gasteiger partial charge in [-0.1, -0.05) is 84.9 Å². The van der Waals surface area contributed by atoms with Gasteiger partial charge in [-0.15, -0.1) is 0 Å². The number of para-hydroxylation sites is 2. The lowest BCUT2D eigenvalue weighted by molar-refractivity contribution is 0.298. The van der Waals surface area contributed by atoms with E-state index in [1.807, 2.05) is 72.8 Å². The van der Waals surface area contributed by atoms with E-state index in [9.17, 15) is 0 Å². The lowest BCUT2D eigenvalue weighted by Crippen LogP contribution is -1.96. The fraction of sp³-hybridized carbons (Fsp3) is 0.0769. The Morgan fingerprint density at radius 3 is 1.23 bits per heavy atom. The second kappa shape index (κ2) is 10.8. The summed E-state index contributed by atoms with van der Waals surface area (Å²) < 4.78 is 12.2. The second-order valence-electron chi connectivity index (χ2n) is 6.61. The van der Waals surface area contributed by atoms with Crippen LogP contribution in [-0.2, 0) is 13.2 Å². The maximum atomic E-state index is 6.08. The van der Waals surface area contributed by atoms with E-state index in [1.54, 1.807) is 21.6 Å². The molecule has 4 aromatic carbocycles. The summed E-state index contributed by atoms with van der Waals surface area (Å²) in [6, 6.07) is 36.7. The molecule has 0 saturated carbocycles. The predicted octanol–water partition coefficient (Wildman–Crippen LogP) is 7.64. The minimum absolute atomic E-state index is 0.555. The van der Waals surface area contributed by atoms with Crippen LogP contribution in [0.25, 0.3) is 0 Å². The molecule has 0 N–H and O–H groups in total. The van der Waals surface area contributed by atoms with Crippen molar-refractivity contribution in [1.82, 2.24) is 0 Å². The lowest BCUT2D eigenvalue weighted by Gasteiger charge is -2.13. The standard InChI is InChI=1S/C26H22O2S2/c1-3-11-21(12-4-1)19-27-23-15-7-9-17-25(23)29-30-26-18-10-8-16-24(26)28-20-22-13-5-2-6-14-22/h1-18H,19-20H2. The van der Waals surface area contributed by atoms with Crippen molar-refractivity contribution >= 4 is 21.6 Å². The summed E-state index contributed by atoms with van der Waals surface area (Å²) in [7, 11) is 3.37. The molecule has 4 aromatic rings. The molecule has 0 unspecified atom stereocenters. The van der Waals surface area contributed by atoms with Crippen LogP contribution >= 0.6 is 21.6 Å². The van der Waals surface area contributed by atoms with Crippen molar-refractivity contribution in [2.75, 3.05) is 0 Å². The van der Waals surface area contributed by atoms with Crippen molar-refractivity contribution in [3.05, 3.63) is 120 Å². The first kappa shape index (κ1) is 20.5. The monoisotopic (exact) mass is 430 g/mol. The van der Waals surface area contributed by atoms with Crippen molar-refractivity contribution in [3.63, 3.8) is 0 Å². The van der Waals surface area contributed by atoms with Gasteiger partial charge in [0.15, 0.2) is 0 Å². The molecule has 0 heterocycles. The number of rotatable bonds is 9. The van der Waals surface area contributed by atoms with E-state index in [1.165, 1.54) is 0 Å². The van der Waals surface area contributed by atoms with Crippen LogP contribution in [0.5, 0.6) is 11.5 Å². The highest BCUT2D eigenvalue weighted by atomic mass is 33.1. The molecule has 0 aliphatic carbocycles. The Labute approximate surface area is 185 Å². The molecule has 0 aliphatic heterocycles. The summed E-state index contributed by atoms with van der Waals surface area (Å²) in [6.07, 6.45) is 0. The molecule has 0 saturated heterocycles. The van der Waals surface area contributed by atoms with Gasteiger partial charge in [-0.3, -0.25) is 0 Å². The molecule has 0 amide bonds. The molecule has 30 heavy (non-hydrogen) atoms. The minimum atomic E-state index is 0.555. The van der Waals surface area contributed by atoms with E-state index < -0.39 is 0 Å². The van der Waals surface area contributed by atoms with Crippen LogP contribution in [0.15, 0.2) is 119 Å². The summed E-state index contributed by atoms with van der Waals surface area (Å²) in [5, 5.41) is 0. The zero-order valence-corrected chi connectivity index (χ0v) is 18.1. The molecule has 0 aliphatic rings. The molecule has 4 rings (SSSR count). The largest absolute Gasteiger partial charge is 0.488 e. The number of ether oxygens (including phenoxy) is 2. The van der Waals surface area contributed by atoms with E-state index in [-0.39, 0.29) is 0 Å². The Kier molecular flexibility index (Phi) is 7.37. The maximum absolute atomic E-state index is 6.08. The van der Waals surface area contributed by atoms with Crippen LogP contribution in [-0.4, -0.2) is 0 Å². The SMILES string of the molecule is c1ccc(COc2ccccc2SSc2ccccc2OCc2ccccc2)cc1. The molecular formula is C26H22O2S2. The van der Waals surface area contributed by atoms with Crippen LogP contribution in [0.2, 0.25) is 0 Å². The van der Waals surface area contributed by atoms with Gasteiger partial charge >= 0.3 is 0 Å². The van der Waals surface area contributed by atoms with Crippen molar-refractivity contribution in [3.8, 4) is 11.5 Å². The third kappa shape index (κ3) is 5.85. The Morgan fingerprint density at radius 2 is 0.800 bits per heavy atom. The molecule has 0 bridgehead atoms. The molecule has 150 valence electrons. The molecule has 4 heteroatoms. The van der Waals surface area contributed by atoms with Crippen LogP contribution in [0.4, 0.5) is 0 Å². The maximum Gasteiger partial charge on any atom is 0.134 e. The Balaban J connectivity index is 1.40. The van der Waals surface area contributed by atoms with Gasteiger partial charge in [0, 0.05) is 0 Å². The number of hydrogen-bond donors (Lipinski definition) is 0. The third-order valence-corrected chi connectivity index (χ3v) is 6.84. The van der Waals surface area contributed by atoms with Crippen molar-refractivity contribution in [2.24, 2.45) is 0 Å². The molecule has 2 nitrogen and oxygen atoms in total. The number of hydrogen-bond acceptors (Lipinski definition) is 4. The van der Waals surface area contributed by atoms with E-state index >= 15 is 0 Å². The Bertz CT molecular complexity index is 966. The van der Waals surface area contributed by atoms with Gasteiger partial charge in [0.2, 0.25) is 0 Å². The highest BCUT2D eigenvalue weighted by Crippen LogP contribution is 2.45. The molecular weight excluding hydrogens is 408 g/mol. The highest BCUT2D eigenvalue weighted by molar-refractivity contribution is 8.76. The first-order valence-corrected chi connectivity index (χ1v) is 11.9. The average Bonchev–Trinajstić information content (AvgIpc) is 2.82. The van der Waals surface area contributed by atoms with Gasteiger partial charge in [0.1, 0.15) is 24.7 Å². The van der Waals surface area contributed by atoms with Gasteiger partial charge in [0.05, 0.1) is 9.79 Å². The Morgan fingerprint density at radius 1 is 0.433 bits per heavy atom. The highest BCUT2D eigenvalue weighted by Gasteiger charge is 2.09. The minimum Gasteiger partial charge on any atom is -0.488 e. The Hall–Kier alpha value is -2.82. The summed E-state index contributed by atoms with van der Waals surface area (Å²) in [5.41, 5.74) is 2.31. The van der Waals surface area contributed by atoms with E-state index in [0.29, 0.717) is 13.2 Å². The molecule has 0 fully saturated rings. The normalized spacial score (nSPS) is 10.5. The topological polar surface area (TPSA) is 18.5 Å². The van der Waals surface area contributed by atoms with E-state index in [0.717, 1.165) is 32.4 Å².